The molecule has 2 rings (SSSR count). The van der Waals surface area contributed by atoms with Crippen LogP contribution in [0.25, 0.3) is 0 Å². The van der Waals surface area contributed by atoms with Gasteiger partial charge in [-0.05, 0) is 24.5 Å². The highest BCUT2D eigenvalue weighted by Crippen LogP contribution is 2.12. The van der Waals surface area contributed by atoms with Crippen molar-refractivity contribution in [2.24, 2.45) is 5.73 Å². The molecule has 0 amide bonds. The van der Waals surface area contributed by atoms with Crippen molar-refractivity contribution in [3.05, 3.63) is 47.1 Å². The Labute approximate surface area is 107 Å². The summed E-state index contributed by atoms with van der Waals surface area (Å²) in [6, 6.07) is 8.32. The van der Waals surface area contributed by atoms with Gasteiger partial charge in [-0.3, -0.25) is 0 Å². The van der Waals surface area contributed by atoms with E-state index < -0.39 is 0 Å². The first kappa shape index (κ1) is 12.8. The summed E-state index contributed by atoms with van der Waals surface area (Å²) in [5.74, 6) is 1.36. The van der Waals surface area contributed by atoms with Crippen molar-refractivity contribution in [3.63, 3.8) is 0 Å². The van der Waals surface area contributed by atoms with Crippen LogP contribution >= 0.6 is 0 Å². The maximum absolute atomic E-state index is 5.87. The Morgan fingerprint density at radius 2 is 2.11 bits per heavy atom. The van der Waals surface area contributed by atoms with Crippen molar-refractivity contribution in [1.29, 1.82) is 0 Å². The van der Waals surface area contributed by atoms with Crippen LogP contribution in [0.1, 0.15) is 36.2 Å². The molecule has 4 heteroatoms. The van der Waals surface area contributed by atoms with Gasteiger partial charge in [0.1, 0.15) is 0 Å². The van der Waals surface area contributed by atoms with Crippen molar-refractivity contribution >= 4 is 0 Å². The smallest absolute Gasteiger partial charge is 0.231 e. The topological polar surface area (TPSA) is 64.9 Å². The predicted octanol–water partition coefficient (Wildman–Crippen LogP) is 2.25. The molecule has 1 aromatic heterocycles. The lowest BCUT2D eigenvalue weighted by Gasteiger charge is -2.03. The molecule has 0 saturated carbocycles. The summed E-state index contributed by atoms with van der Waals surface area (Å²) in [7, 11) is 0. The average Bonchev–Trinajstić information content (AvgIpc) is 2.79. The van der Waals surface area contributed by atoms with Crippen LogP contribution in [0.3, 0.4) is 0 Å². The Morgan fingerprint density at radius 3 is 2.83 bits per heavy atom. The van der Waals surface area contributed by atoms with Gasteiger partial charge in [-0.25, -0.2) is 0 Å². The zero-order valence-electron chi connectivity index (χ0n) is 10.9. The molecule has 0 fully saturated rings. The van der Waals surface area contributed by atoms with Gasteiger partial charge in [0.2, 0.25) is 5.89 Å². The average molecular weight is 245 g/mol. The van der Waals surface area contributed by atoms with E-state index in [0.717, 1.165) is 6.42 Å². The molecule has 0 aliphatic rings. The summed E-state index contributed by atoms with van der Waals surface area (Å²) in [6.07, 6.45) is 2.27. The van der Waals surface area contributed by atoms with E-state index in [2.05, 4.69) is 36.1 Å². The number of nitrogens with zero attached hydrogens (tertiary/aromatic N) is 2. The summed E-state index contributed by atoms with van der Waals surface area (Å²) in [6.45, 7) is 4.14. The van der Waals surface area contributed by atoms with Crippen molar-refractivity contribution in [1.82, 2.24) is 10.1 Å². The Hall–Kier alpha value is -1.68. The number of aryl methyl sites for hydroxylation is 1. The van der Waals surface area contributed by atoms with E-state index in [9.17, 15) is 0 Å². The molecule has 0 saturated heterocycles. The van der Waals surface area contributed by atoms with Crippen LogP contribution < -0.4 is 5.73 Å². The lowest BCUT2D eigenvalue weighted by atomic mass is 10.1. The SMILES string of the molecule is CCC(N)Cc1noc(Cc2ccccc2C)n1. The molecular weight excluding hydrogens is 226 g/mol. The van der Waals surface area contributed by atoms with Gasteiger partial charge in [0.25, 0.3) is 0 Å². The molecule has 1 heterocycles. The molecule has 2 N–H and O–H groups in total. The first-order valence-electron chi connectivity index (χ1n) is 6.30. The van der Waals surface area contributed by atoms with Crippen LogP contribution in [-0.4, -0.2) is 16.2 Å². The molecule has 4 nitrogen and oxygen atoms in total. The van der Waals surface area contributed by atoms with Crippen molar-refractivity contribution < 1.29 is 4.52 Å². The van der Waals surface area contributed by atoms with Crippen LogP contribution in [0.5, 0.6) is 0 Å². The molecule has 0 spiro atoms. The molecule has 0 bridgehead atoms. The highest BCUT2D eigenvalue weighted by Gasteiger charge is 2.10. The van der Waals surface area contributed by atoms with Crippen LogP contribution in [0.2, 0.25) is 0 Å². The second-order valence-electron chi connectivity index (χ2n) is 4.58. The third-order valence-electron chi connectivity index (χ3n) is 3.08. The standard InChI is InChI=1S/C14H19N3O/c1-3-12(15)9-13-16-14(18-17-13)8-11-7-5-4-6-10(11)2/h4-7,12H,3,8-9,15H2,1-2H3. The van der Waals surface area contributed by atoms with Crippen LogP contribution in [0, 0.1) is 6.92 Å². The predicted molar refractivity (Wildman–Crippen MR) is 70.3 cm³/mol. The van der Waals surface area contributed by atoms with Gasteiger partial charge in [0.05, 0.1) is 6.42 Å². The fourth-order valence-corrected chi connectivity index (χ4v) is 1.80. The lowest BCUT2D eigenvalue weighted by molar-refractivity contribution is 0.377. The largest absolute Gasteiger partial charge is 0.339 e. The van der Waals surface area contributed by atoms with E-state index in [-0.39, 0.29) is 6.04 Å². The Balaban J connectivity index is 2.05. The monoisotopic (exact) mass is 245 g/mol. The van der Waals surface area contributed by atoms with Gasteiger partial charge in [0, 0.05) is 12.5 Å². The Morgan fingerprint density at radius 1 is 1.33 bits per heavy atom. The molecule has 1 atom stereocenters. The molecule has 1 aromatic carbocycles. The van der Waals surface area contributed by atoms with Gasteiger partial charge in [0.15, 0.2) is 5.82 Å². The first-order chi connectivity index (χ1) is 8.69. The lowest BCUT2D eigenvalue weighted by Crippen LogP contribution is -2.22. The highest BCUT2D eigenvalue weighted by molar-refractivity contribution is 5.27. The molecule has 18 heavy (non-hydrogen) atoms. The van der Waals surface area contributed by atoms with Crippen molar-refractivity contribution in [2.75, 3.05) is 0 Å². The molecule has 0 aliphatic carbocycles. The zero-order chi connectivity index (χ0) is 13.0. The zero-order valence-corrected chi connectivity index (χ0v) is 10.9. The number of aromatic nitrogens is 2. The number of benzene rings is 1. The molecule has 2 aromatic rings. The van der Waals surface area contributed by atoms with Crippen molar-refractivity contribution in [3.8, 4) is 0 Å². The van der Waals surface area contributed by atoms with Gasteiger partial charge in [-0.15, -0.1) is 0 Å². The van der Waals surface area contributed by atoms with Crippen molar-refractivity contribution in [2.45, 2.75) is 39.2 Å². The maximum Gasteiger partial charge on any atom is 0.231 e. The van der Waals surface area contributed by atoms with E-state index in [1.54, 1.807) is 0 Å². The van der Waals surface area contributed by atoms with Gasteiger partial charge >= 0.3 is 0 Å². The minimum Gasteiger partial charge on any atom is -0.339 e. The quantitative estimate of drug-likeness (QED) is 0.877. The van der Waals surface area contributed by atoms with Gasteiger partial charge in [-0.1, -0.05) is 36.3 Å². The summed E-state index contributed by atoms with van der Waals surface area (Å²) < 4.78 is 5.25. The minimum atomic E-state index is 0.105. The summed E-state index contributed by atoms with van der Waals surface area (Å²) >= 11 is 0. The van der Waals surface area contributed by atoms with E-state index >= 15 is 0 Å². The number of hydrogen-bond acceptors (Lipinski definition) is 4. The van der Waals surface area contributed by atoms with Gasteiger partial charge < -0.3 is 10.3 Å². The molecule has 0 radical (unpaired) electrons. The fraction of sp³-hybridized carbons (Fsp3) is 0.429. The van der Waals surface area contributed by atoms with E-state index in [4.69, 9.17) is 10.3 Å². The summed E-state index contributed by atoms with van der Waals surface area (Å²) in [5.41, 5.74) is 8.32. The van der Waals surface area contributed by atoms with E-state index in [0.29, 0.717) is 24.6 Å². The number of hydrogen-bond donors (Lipinski definition) is 1. The Kier molecular flexibility index (Phi) is 4.10. The minimum absolute atomic E-state index is 0.105. The Bertz CT molecular complexity index is 507. The highest BCUT2D eigenvalue weighted by atomic mass is 16.5. The maximum atomic E-state index is 5.87. The van der Waals surface area contributed by atoms with Crippen LogP contribution in [-0.2, 0) is 12.8 Å². The third kappa shape index (κ3) is 3.17. The normalized spacial score (nSPS) is 12.6. The van der Waals surface area contributed by atoms with Crippen LogP contribution in [0.4, 0.5) is 0 Å². The molecule has 96 valence electrons. The van der Waals surface area contributed by atoms with E-state index in [1.807, 2.05) is 12.1 Å². The number of nitrogens with two attached hydrogens (primary N) is 1. The van der Waals surface area contributed by atoms with Gasteiger partial charge in [-0.2, -0.15) is 4.98 Å². The second-order valence-corrected chi connectivity index (χ2v) is 4.58. The van der Waals surface area contributed by atoms with E-state index in [1.165, 1.54) is 11.1 Å². The molecular formula is C14H19N3O. The molecule has 1 unspecified atom stereocenters. The summed E-state index contributed by atoms with van der Waals surface area (Å²) in [5, 5.41) is 3.96. The first-order valence-corrected chi connectivity index (χ1v) is 6.30. The number of rotatable bonds is 5. The molecule has 0 aliphatic heterocycles. The summed E-state index contributed by atoms with van der Waals surface area (Å²) in [4.78, 5) is 4.38. The van der Waals surface area contributed by atoms with Crippen LogP contribution in [0.15, 0.2) is 28.8 Å². The second kappa shape index (κ2) is 5.78. The fourth-order valence-electron chi connectivity index (χ4n) is 1.80. The third-order valence-corrected chi connectivity index (χ3v) is 3.08.